The van der Waals surface area contributed by atoms with Gasteiger partial charge >= 0.3 is 0 Å². The Balaban J connectivity index is 2.23. The molecule has 1 aromatic carbocycles. The molecule has 0 radical (unpaired) electrons. The molecular weight excluding hydrogens is 246 g/mol. The van der Waals surface area contributed by atoms with Gasteiger partial charge in [0, 0.05) is 17.5 Å². The van der Waals surface area contributed by atoms with Crippen LogP contribution in [-0.4, -0.2) is 14.8 Å². The van der Waals surface area contributed by atoms with Gasteiger partial charge in [0.15, 0.2) is 0 Å². The summed E-state index contributed by atoms with van der Waals surface area (Å²) in [6, 6.07) is 6.28. The van der Waals surface area contributed by atoms with Gasteiger partial charge in [0.1, 0.15) is 12.7 Å². The fraction of sp³-hybridized carbons (Fsp3) is 0.429. The third-order valence-corrected chi connectivity index (χ3v) is 3.43. The van der Waals surface area contributed by atoms with Crippen molar-refractivity contribution in [3.05, 3.63) is 47.0 Å². The highest BCUT2D eigenvalue weighted by Crippen LogP contribution is 2.30. The van der Waals surface area contributed by atoms with Gasteiger partial charge in [-0.3, -0.25) is 4.68 Å². The normalized spacial score (nSPS) is 12.6. The molecular formula is C14H18ClN3. The van der Waals surface area contributed by atoms with Gasteiger partial charge in [0.05, 0.1) is 0 Å². The SMILES string of the molecule is CCCC(Cn1cncn1)c1ccc(C)cc1Cl. The first-order valence-electron chi connectivity index (χ1n) is 6.29. The van der Waals surface area contributed by atoms with Crippen LogP contribution in [0.3, 0.4) is 0 Å². The van der Waals surface area contributed by atoms with Crippen LogP contribution in [0.2, 0.25) is 5.02 Å². The molecule has 0 spiro atoms. The molecule has 0 aliphatic rings. The minimum atomic E-state index is 0.393. The van der Waals surface area contributed by atoms with Crippen LogP contribution in [-0.2, 0) is 6.54 Å². The zero-order chi connectivity index (χ0) is 13.0. The zero-order valence-electron chi connectivity index (χ0n) is 10.8. The lowest BCUT2D eigenvalue weighted by molar-refractivity contribution is 0.484. The van der Waals surface area contributed by atoms with E-state index in [4.69, 9.17) is 11.6 Å². The summed E-state index contributed by atoms with van der Waals surface area (Å²) in [4.78, 5) is 3.98. The van der Waals surface area contributed by atoms with Gasteiger partial charge in [-0.1, -0.05) is 37.1 Å². The Morgan fingerprint density at radius 1 is 1.39 bits per heavy atom. The maximum absolute atomic E-state index is 6.35. The summed E-state index contributed by atoms with van der Waals surface area (Å²) in [5, 5.41) is 5.03. The van der Waals surface area contributed by atoms with Gasteiger partial charge in [-0.2, -0.15) is 5.10 Å². The number of hydrogen-bond donors (Lipinski definition) is 0. The molecule has 96 valence electrons. The number of aromatic nitrogens is 3. The molecule has 0 saturated heterocycles. The van der Waals surface area contributed by atoms with E-state index < -0.39 is 0 Å². The van der Waals surface area contributed by atoms with Crippen LogP contribution in [0.25, 0.3) is 0 Å². The molecule has 1 atom stereocenters. The van der Waals surface area contributed by atoms with Crippen molar-refractivity contribution in [2.45, 2.75) is 39.2 Å². The van der Waals surface area contributed by atoms with Crippen LogP contribution in [0.15, 0.2) is 30.9 Å². The van der Waals surface area contributed by atoms with Crippen molar-refractivity contribution in [1.29, 1.82) is 0 Å². The summed E-state index contributed by atoms with van der Waals surface area (Å²) in [6.07, 6.45) is 5.55. The first-order valence-corrected chi connectivity index (χ1v) is 6.67. The molecule has 3 nitrogen and oxygen atoms in total. The van der Waals surface area contributed by atoms with Crippen molar-refractivity contribution >= 4 is 11.6 Å². The second-order valence-electron chi connectivity index (χ2n) is 4.63. The van der Waals surface area contributed by atoms with Crippen molar-refractivity contribution in [2.75, 3.05) is 0 Å². The van der Waals surface area contributed by atoms with Gasteiger partial charge in [-0.05, 0) is 30.5 Å². The number of halogens is 1. The Hall–Kier alpha value is -1.35. The molecule has 1 heterocycles. The smallest absolute Gasteiger partial charge is 0.137 e. The van der Waals surface area contributed by atoms with Crippen LogP contribution in [0.4, 0.5) is 0 Å². The Morgan fingerprint density at radius 3 is 2.83 bits per heavy atom. The van der Waals surface area contributed by atoms with E-state index in [1.54, 1.807) is 12.7 Å². The Labute approximate surface area is 113 Å². The van der Waals surface area contributed by atoms with Crippen LogP contribution in [0.1, 0.15) is 36.8 Å². The third-order valence-electron chi connectivity index (χ3n) is 3.11. The van der Waals surface area contributed by atoms with E-state index in [9.17, 15) is 0 Å². The fourth-order valence-corrected chi connectivity index (χ4v) is 2.60. The van der Waals surface area contributed by atoms with Crippen molar-refractivity contribution in [1.82, 2.24) is 14.8 Å². The van der Waals surface area contributed by atoms with E-state index in [-0.39, 0.29) is 0 Å². The summed E-state index contributed by atoms with van der Waals surface area (Å²) < 4.78 is 1.87. The van der Waals surface area contributed by atoms with Gasteiger partial charge < -0.3 is 0 Å². The molecule has 2 aromatic rings. The average Bonchev–Trinajstić information content (AvgIpc) is 2.81. The Bertz CT molecular complexity index is 494. The largest absolute Gasteiger partial charge is 0.252 e. The van der Waals surface area contributed by atoms with Crippen LogP contribution < -0.4 is 0 Å². The first kappa shape index (κ1) is 13.1. The summed E-state index contributed by atoms with van der Waals surface area (Å²) in [6.45, 7) is 5.08. The van der Waals surface area contributed by atoms with Crippen LogP contribution in [0.5, 0.6) is 0 Å². The molecule has 0 aliphatic carbocycles. The molecule has 4 heteroatoms. The molecule has 0 amide bonds. The minimum absolute atomic E-state index is 0.393. The second kappa shape index (κ2) is 6.01. The molecule has 0 N–H and O–H groups in total. The van der Waals surface area contributed by atoms with Crippen molar-refractivity contribution in [3.8, 4) is 0 Å². The van der Waals surface area contributed by atoms with Crippen molar-refractivity contribution < 1.29 is 0 Å². The molecule has 1 unspecified atom stereocenters. The average molecular weight is 264 g/mol. The topological polar surface area (TPSA) is 30.7 Å². The highest BCUT2D eigenvalue weighted by atomic mass is 35.5. The first-order chi connectivity index (χ1) is 8.70. The quantitative estimate of drug-likeness (QED) is 0.821. The molecule has 1 aromatic heterocycles. The summed E-state index contributed by atoms with van der Waals surface area (Å²) in [7, 11) is 0. The number of rotatable bonds is 5. The zero-order valence-corrected chi connectivity index (χ0v) is 11.6. The van der Waals surface area contributed by atoms with E-state index in [2.05, 4.69) is 36.1 Å². The maximum atomic E-state index is 6.35. The van der Waals surface area contributed by atoms with E-state index in [0.717, 1.165) is 24.4 Å². The standard InChI is InChI=1S/C14H18ClN3/c1-3-4-12(8-18-10-16-9-17-18)13-6-5-11(2)7-14(13)15/h5-7,9-10,12H,3-4,8H2,1-2H3. The minimum Gasteiger partial charge on any atom is -0.252 e. The lowest BCUT2D eigenvalue weighted by Crippen LogP contribution is -2.10. The van der Waals surface area contributed by atoms with E-state index in [1.165, 1.54) is 11.1 Å². The Morgan fingerprint density at radius 2 is 2.22 bits per heavy atom. The maximum Gasteiger partial charge on any atom is 0.137 e. The second-order valence-corrected chi connectivity index (χ2v) is 5.04. The van der Waals surface area contributed by atoms with E-state index >= 15 is 0 Å². The van der Waals surface area contributed by atoms with Crippen molar-refractivity contribution in [2.24, 2.45) is 0 Å². The van der Waals surface area contributed by atoms with Gasteiger partial charge in [-0.15, -0.1) is 0 Å². The van der Waals surface area contributed by atoms with Crippen LogP contribution >= 0.6 is 11.6 Å². The Kier molecular flexibility index (Phi) is 4.37. The number of benzene rings is 1. The summed E-state index contributed by atoms with van der Waals surface area (Å²) in [5.74, 6) is 0.393. The van der Waals surface area contributed by atoms with Crippen molar-refractivity contribution in [3.63, 3.8) is 0 Å². The molecule has 0 bridgehead atoms. The lowest BCUT2D eigenvalue weighted by atomic mass is 9.93. The van der Waals surface area contributed by atoms with E-state index in [1.807, 2.05) is 10.7 Å². The van der Waals surface area contributed by atoms with Gasteiger partial charge in [0.2, 0.25) is 0 Å². The molecule has 2 rings (SSSR count). The predicted molar refractivity (Wildman–Crippen MR) is 73.9 cm³/mol. The summed E-state index contributed by atoms with van der Waals surface area (Å²) in [5.41, 5.74) is 2.40. The fourth-order valence-electron chi connectivity index (χ4n) is 2.21. The highest BCUT2D eigenvalue weighted by Gasteiger charge is 2.15. The highest BCUT2D eigenvalue weighted by molar-refractivity contribution is 6.31. The van der Waals surface area contributed by atoms with E-state index in [0.29, 0.717) is 5.92 Å². The van der Waals surface area contributed by atoms with Gasteiger partial charge in [-0.25, -0.2) is 4.98 Å². The molecule has 0 fully saturated rings. The third kappa shape index (κ3) is 3.10. The predicted octanol–water partition coefficient (Wildman–Crippen LogP) is 3.82. The monoisotopic (exact) mass is 263 g/mol. The lowest BCUT2D eigenvalue weighted by Gasteiger charge is -2.18. The number of hydrogen-bond acceptors (Lipinski definition) is 2. The summed E-state index contributed by atoms with van der Waals surface area (Å²) >= 11 is 6.35. The molecule has 0 saturated carbocycles. The van der Waals surface area contributed by atoms with Gasteiger partial charge in [0.25, 0.3) is 0 Å². The molecule has 0 aliphatic heterocycles. The number of aryl methyl sites for hydroxylation is 1. The van der Waals surface area contributed by atoms with Crippen LogP contribution in [0, 0.1) is 6.92 Å². The number of nitrogens with zero attached hydrogens (tertiary/aromatic N) is 3. The molecule has 18 heavy (non-hydrogen) atoms.